The number of carbonyl (C=O) groups is 1. The summed E-state index contributed by atoms with van der Waals surface area (Å²) in [5, 5.41) is 11.9. The third-order valence-corrected chi connectivity index (χ3v) is 6.93. The Balaban J connectivity index is 1.55. The predicted molar refractivity (Wildman–Crippen MR) is 104 cm³/mol. The summed E-state index contributed by atoms with van der Waals surface area (Å²) in [6.07, 6.45) is 0.550. The number of halogens is 1. The number of sulfone groups is 1. The second-order valence-corrected chi connectivity index (χ2v) is 9.52. The van der Waals surface area contributed by atoms with Crippen molar-refractivity contribution in [3.8, 4) is 11.4 Å². The zero-order valence-electron chi connectivity index (χ0n) is 16.0. The minimum Gasteiger partial charge on any atom is -0.344 e. The highest BCUT2D eigenvalue weighted by molar-refractivity contribution is 7.91. The predicted octanol–water partition coefficient (Wildman–Crippen LogP) is 2.14. The largest absolute Gasteiger partial charge is 0.344 e. The van der Waals surface area contributed by atoms with Crippen LogP contribution < -0.4 is 0 Å². The maximum atomic E-state index is 13.4. The molecular weight excluding hydrogens is 397 g/mol. The molecule has 1 atom stereocenters. The molecule has 8 nitrogen and oxygen atoms in total. The van der Waals surface area contributed by atoms with Gasteiger partial charge < -0.3 is 4.57 Å². The highest BCUT2D eigenvalue weighted by Gasteiger charge is 2.31. The molecule has 1 aromatic carbocycles. The molecule has 0 aliphatic carbocycles. The molecule has 1 saturated heterocycles. The van der Waals surface area contributed by atoms with Gasteiger partial charge in [-0.2, -0.15) is 4.80 Å². The maximum absolute atomic E-state index is 13.4. The summed E-state index contributed by atoms with van der Waals surface area (Å²) < 4.78 is 39.0. The van der Waals surface area contributed by atoms with E-state index in [1.807, 2.05) is 18.4 Å². The Labute approximate surface area is 167 Å². The van der Waals surface area contributed by atoms with Crippen LogP contribution in [-0.4, -0.2) is 50.5 Å². The molecule has 0 radical (unpaired) electrons. The van der Waals surface area contributed by atoms with E-state index in [4.69, 9.17) is 0 Å². The molecule has 0 spiro atoms. The normalized spacial score (nSPS) is 18.2. The average Bonchev–Trinajstić information content (AvgIpc) is 3.33. The number of hydrogen-bond acceptors (Lipinski definition) is 6. The van der Waals surface area contributed by atoms with Crippen LogP contribution in [0, 0.1) is 19.7 Å². The number of nitrogens with zero attached hydrogens (tertiary/aromatic N) is 5. The molecule has 2 aromatic heterocycles. The third kappa shape index (κ3) is 3.84. The molecule has 1 aliphatic rings. The van der Waals surface area contributed by atoms with Crippen LogP contribution in [0.4, 0.5) is 4.39 Å². The van der Waals surface area contributed by atoms with E-state index in [-0.39, 0.29) is 35.7 Å². The Morgan fingerprint density at radius 3 is 2.76 bits per heavy atom. The van der Waals surface area contributed by atoms with E-state index in [0.717, 1.165) is 11.4 Å². The minimum absolute atomic E-state index is 0.0959. The summed E-state index contributed by atoms with van der Waals surface area (Å²) in [6.45, 7) is 3.57. The zero-order valence-corrected chi connectivity index (χ0v) is 16.9. The highest BCUT2D eigenvalue weighted by Crippen LogP contribution is 2.29. The monoisotopic (exact) mass is 417 g/mol. The second kappa shape index (κ2) is 7.18. The molecular formula is C19H20FN5O3S. The molecule has 0 amide bonds. The number of benzene rings is 1. The van der Waals surface area contributed by atoms with Crippen molar-refractivity contribution in [1.82, 2.24) is 24.8 Å². The fraction of sp³-hybridized carbons (Fsp3) is 0.368. The molecule has 0 N–H and O–H groups in total. The smallest absolute Gasteiger partial charge is 0.205 e. The van der Waals surface area contributed by atoms with Gasteiger partial charge in [0.15, 0.2) is 15.6 Å². The molecule has 1 aliphatic heterocycles. The van der Waals surface area contributed by atoms with Gasteiger partial charge in [-0.25, -0.2) is 12.8 Å². The van der Waals surface area contributed by atoms with Crippen LogP contribution in [0.15, 0.2) is 30.3 Å². The lowest BCUT2D eigenvalue weighted by Crippen LogP contribution is -2.16. The van der Waals surface area contributed by atoms with Crippen molar-refractivity contribution >= 4 is 15.6 Å². The van der Waals surface area contributed by atoms with Gasteiger partial charge in [0.25, 0.3) is 0 Å². The first kappa shape index (κ1) is 19.4. The molecule has 0 saturated carbocycles. The Hall–Kier alpha value is -2.88. The van der Waals surface area contributed by atoms with E-state index in [9.17, 15) is 17.6 Å². The summed E-state index contributed by atoms with van der Waals surface area (Å²) in [6, 6.07) is 7.46. The molecule has 1 fully saturated rings. The summed E-state index contributed by atoms with van der Waals surface area (Å²) in [4.78, 5) is 14.0. The van der Waals surface area contributed by atoms with Gasteiger partial charge in [-0.15, -0.1) is 10.2 Å². The van der Waals surface area contributed by atoms with Crippen molar-refractivity contribution in [3.63, 3.8) is 0 Å². The molecule has 0 bridgehead atoms. The lowest BCUT2D eigenvalue weighted by atomic mass is 10.1. The maximum Gasteiger partial charge on any atom is 0.205 e. The van der Waals surface area contributed by atoms with E-state index in [2.05, 4.69) is 15.4 Å². The molecule has 0 unspecified atom stereocenters. The highest BCUT2D eigenvalue weighted by atomic mass is 32.2. The van der Waals surface area contributed by atoms with Crippen molar-refractivity contribution in [3.05, 3.63) is 53.1 Å². The zero-order chi connectivity index (χ0) is 20.8. The SMILES string of the molecule is Cc1cc(C(=O)Cn2nnc(-c3cccc(F)c3)n2)c(C)n1[C@H]1CCS(=O)(=O)C1. The van der Waals surface area contributed by atoms with Gasteiger partial charge in [0.1, 0.15) is 12.4 Å². The van der Waals surface area contributed by atoms with E-state index in [0.29, 0.717) is 17.5 Å². The van der Waals surface area contributed by atoms with Crippen molar-refractivity contribution in [1.29, 1.82) is 0 Å². The van der Waals surface area contributed by atoms with Gasteiger partial charge in [0.2, 0.25) is 5.82 Å². The Morgan fingerprint density at radius 2 is 2.07 bits per heavy atom. The van der Waals surface area contributed by atoms with Gasteiger partial charge in [0.05, 0.1) is 11.5 Å². The number of carbonyl (C=O) groups excluding carboxylic acids is 1. The summed E-state index contributed by atoms with van der Waals surface area (Å²) in [5.74, 6) is -0.105. The number of aromatic nitrogens is 5. The first-order valence-corrected chi connectivity index (χ1v) is 11.0. The Kier molecular flexibility index (Phi) is 4.81. The number of hydrogen-bond donors (Lipinski definition) is 0. The van der Waals surface area contributed by atoms with Crippen LogP contribution in [0.5, 0.6) is 0 Å². The first-order chi connectivity index (χ1) is 13.7. The minimum atomic E-state index is -3.03. The number of aryl methyl sites for hydroxylation is 1. The molecule has 3 heterocycles. The van der Waals surface area contributed by atoms with Gasteiger partial charge in [-0.05, 0) is 43.7 Å². The lowest BCUT2D eigenvalue weighted by Gasteiger charge is -2.16. The van der Waals surface area contributed by atoms with E-state index < -0.39 is 15.7 Å². The van der Waals surface area contributed by atoms with E-state index >= 15 is 0 Å². The standard InChI is InChI=1S/C19H20FN5O3S/c1-12-8-17(13(2)25(12)16-6-7-29(27,28)11-16)18(26)10-24-22-19(21-23-24)14-4-3-5-15(20)9-14/h3-5,8-9,16H,6-7,10-11H2,1-2H3/t16-/m0/s1. The van der Waals surface area contributed by atoms with Gasteiger partial charge >= 0.3 is 0 Å². The number of rotatable bonds is 5. The van der Waals surface area contributed by atoms with Gasteiger partial charge in [-0.1, -0.05) is 12.1 Å². The average molecular weight is 417 g/mol. The van der Waals surface area contributed by atoms with E-state index in [1.165, 1.54) is 16.9 Å². The second-order valence-electron chi connectivity index (χ2n) is 7.29. The third-order valence-electron chi connectivity index (χ3n) is 5.18. The summed E-state index contributed by atoms with van der Waals surface area (Å²) in [7, 11) is -3.03. The molecule has 152 valence electrons. The molecule has 4 rings (SSSR count). The number of tetrazole rings is 1. The van der Waals surface area contributed by atoms with Gasteiger partial charge in [0, 0.05) is 28.6 Å². The lowest BCUT2D eigenvalue weighted by molar-refractivity contribution is 0.0960. The molecule has 10 heteroatoms. The van der Waals surface area contributed by atoms with Crippen LogP contribution in [0.2, 0.25) is 0 Å². The topological polar surface area (TPSA) is 99.7 Å². The summed E-state index contributed by atoms with van der Waals surface area (Å²) in [5.41, 5.74) is 2.57. The fourth-order valence-electron chi connectivity index (χ4n) is 3.87. The van der Waals surface area contributed by atoms with Crippen molar-refractivity contribution in [2.45, 2.75) is 32.9 Å². The van der Waals surface area contributed by atoms with Crippen LogP contribution in [0.3, 0.4) is 0 Å². The molecule has 3 aromatic rings. The van der Waals surface area contributed by atoms with Crippen LogP contribution in [0.1, 0.15) is 34.2 Å². The van der Waals surface area contributed by atoms with Crippen LogP contribution in [0.25, 0.3) is 11.4 Å². The quantitative estimate of drug-likeness (QED) is 0.590. The summed E-state index contributed by atoms with van der Waals surface area (Å²) >= 11 is 0. The Bertz CT molecular complexity index is 1200. The van der Waals surface area contributed by atoms with Crippen molar-refractivity contribution in [2.24, 2.45) is 0 Å². The first-order valence-electron chi connectivity index (χ1n) is 9.19. The van der Waals surface area contributed by atoms with Crippen molar-refractivity contribution < 1.29 is 17.6 Å². The number of ketones is 1. The van der Waals surface area contributed by atoms with Crippen LogP contribution >= 0.6 is 0 Å². The molecule has 29 heavy (non-hydrogen) atoms. The Morgan fingerprint density at radius 1 is 1.28 bits per heavy atom. The van der Waals surface area contributed by atoms with Crippen LogP contribution in [-0.2, 0) is 16.4 Å². The number of Topliss-reactive ketones (excluding diaryl/α,β-unsaturated/α-hetero) is 1. The fourth-order valence-corrected chi connectivity index (χ4v) is 5.57. The van der Waals surface area contributed by atoms with Crippen molar-refractivity contribution in [2.75, 3.05) is 11.5 Å². The van der Waals surface area contributed by atoms with E-state index in [1.54, 1.807) is 18.2 Å². The van der Waals surface area contributed by atoms with Gasteiger partial charge in [-0.3, -0.25) is 4.79 Å².